The number of hydrogen-bond acceptors (Lipinski definition) is 3. The Labute approximate surface area is 94.5 Å². The van der Waals surface area contributed by atoms with Crippen molar-refractivity contribution in [1.82, 2.24) is 10.3 Å². The minimum absolute atomic E-state index is 0.458. The van der Waals surface area contributed by atoms with Gasteiger partial charge in [-0.25, -0.2) is 4.98 Å². The van der Waals surface area contributed by atoms with Gasteiger partial charge in [0.15, 0.2) is 5.76 Å². The molecule has 0 spiro atoms. The lowest BCUT2D eigenvalue weighted by Gasteiger charge is -2.23. The molecular weight excluding hydrogens is 200 g/mol. The summed E-state index contributed by atoms with van der Waals surface area (Å²) < 4.78 is 5.76. The van der Waals surface area contributed by atoms with E-state index in [1.165, 1.54) is 5.56 Å². The summed E-state index contributed by atoms with van der Waals surface area (Å²) in [4.78, 5) is 4.33. The fourth-order valence-electron chi connectivity index (χ4n) is 1.79. The van der Waals surface area contributed by atoms with Crippen LogP contribution in [0.1, 0.15) is 17.4 Å². The van der Waals surface area contributed by atoms with Crippen molar-refractivity contribution < 1.29 is 4.42 Å². The molecule has 3 rings (SSSR count). The molecule has 3 nitrogen and oxygen atoms in total. The average Bonchev–Trinajstić information content (AvgIpc) is 2.65. The maximum absolute atomic E-state index is 5.76. The van der Waals surface area contributed by atoms with Crippen LogP contribution in [0.2, 0.25) is 0 Å². The first-order valence-corrected chi connectivity index (χ1v) is 5.56. The van der Waals surface area contributed by atoms with E-state index in [9.17, 15) is 0 Å². The molecule has 0 bridgehead atoms. The van der Waals surface area contributed by atoms with Crippen LogP contribution in [0.25, 0.3) is 11.3 Å². The smallest absolute Gasteiger partial charge is 0.200 e. The second-order valence-corrected chi connectivity index (χ2v) is 4.28. The van der Waals surface area contributed by atoms with Crippen LogP contribution in [-0.2, 0) is 0 Å². The molecule has 0 radical (unpaired) electrons. The predicted octanol–water partition coefficient (Wildman–Crippen LogP) is 2.34. The van der Waals surface area contributed by atoms with Crippen molar-refractivity contribution in [2.24, 2.45) is 0 Å². The number of aromatic nitrogens is 1. The molecule has 1 aromatic heterocycles. The van der Waals surface area contributed by atoms with Gasteiger partial charge in [0.1, 0.15) is 0 Å². The third-order valence-corrected chi connectivity index (χ3v) is 2.99. The standard InChI is InChI=1S/C13H14N2O/c1-9-2-4-10(5-3-9)12-8-15-13(16-12)11-6-14-7-11/h2-5,8,11,14H,6-7H2,1H3. The number of nitrogens with zero attached hydrogens (tertiary/aromatic N) is 1. The van der Waals surface area contributed by atoms with Gasteiger partial charge in [0.2, 0.25) is 5.89 Å². The maximum Gasteiger partial charge on any atom is 0.200 e. The molecule has 1 aliphatic rings. The summed E-state index contributed by atoms with van der Waals surface area (Å²) in [5, 5.41) is 3.22. The number of oxazole rings is 1. The Morgan fingerprint density at radius 1 is 1.25 bits per heavy atom. The van der Waals surface area contributed by atoms with Crippen molar-refractivity contribution in [2.45, 2.75) is 12.8 Å². The van der Waals surface area contributed by atoms with Gasteiger partial charge in [-0.1, -0.05) is 29.8 Å². The van der Waals surface area contributed by atoms with E-state index in [1.54, 1.807) is 0 Å². The van der Waals surface area contributed by atoms with Gasteiger partial charge < -0.3 is 9.73 Å². The SMILES string of the molecule is Cc1ccc(-c2cnc(C3CNC3)o2)cc1. The van der Waals surface area contributed by atoms with Gasteiger partial charge in [0, 0.05) is 18.7 Å². The van der Waals surface area contributed by atoms with Crippen LogP contribution in [0, 0.1) is 6.92 Å². The summed E-state index contributed by atoms with van der Waals surface area (Å²) >= 11 is 0. The summed E-state index contributed by atoms with van der Waals surface area (Å²) in [5.74, 6) is 2.18. The molecule has 1 saturated heterocycles. The second kappa shape index (κ2) is 3.76. The van der Waals surface area contributed by atoms with Crippen LogP contribution in [0.15, 0.2) is 34.9 Å². The van der Waals surface area contributed by atoms with Crippen molar-refractivity contribution in [3.8, 4) is 11.3 Å². The van der Waals surface area contributed by atoms with E-state index in [4.69, 9.17) is 4.42 Å². The normalized spacial score (nSPS) is 16.1. The minimum Gasteiger partial charge on any atom is -0.440 e. The van der Waals surface area contributed by atoms with Gasteiger partial charge in [0.05, 0.1) is 12.1 Å². The number of nitrogens with one attached hydrogen (secondary N) is 1. The Morgan fingerprint density at radius 2 is 2.00 bits per heavy atom. The number of hydrogen-bond donors (Lipinski definition) is 1. The van der Waals surface area contributed by atoms with Gasteiger partial charge in [-0.15, -0.1) is 0 Å². The Bertz CT molecular complexity index is 483. The molecule has 1 aliphatic heterocycles. The zero-order valence-corrected chi connectivity index (χ0v) is 9.23. The van der Waals surface area contributed by atoms with Gasteiger partial charge in [-0.2, -0.15) is 0 Å². The monoisotopic (exact) mass is 214 g/mol. The second-order valence-electron chi connectivity index (χ2n) is 4.28. The average molecular weight is 214 g/mol. The molecule has 1 fully saturated rings. The summed E-state index contributed by atoms with van der Waals surface area (Å²) in [6.45, 7) is 4.04. The molecule has 3 heteroatoms. The molecule has 16 heavy (non-hydrogen) atoms. The molecule has 1 aromatic carbocycles. The fraction of sp³-hybridized carbons (Fsp3) is 0.308. The third-order valence-electron chi connectivity index (χ3n) is 2.99. The first-order valence-electron chi connectivity index (χ1n) is 5.56. The van der Waals surface area contributed by atoms with Crippen LogP contribution in [0.4, 0.5) is 0 Å². The minimum atomic E-state index is 0.458. The van der Waals surface area contributed by atoms with E-state index in [0.29, 0.717) is 5.92 Å². The number of rotatable bonds is 2. The highest BCUT2D eigenvalue weighted by molar-refractivity contribution is 5.56. The molecular formula is C13H14N2O. The summed E-state index contributed by atoms with van der Waals surface area (Å²) in [6, 6.07) is 8.31. The zero-order valence-electron chi connectivity index (χ0n) is 9.23. The van der Waals surface area contributed by atoms with Gasteiger partial charge in [-0.3, -0.25) is 0 Å². The molecule has 0 amide bonds. The lowest BCUT2D eigenvalue weighted by molar-refractivity contribution is 0.361. The van der Waals surface area contributed by atoms with E-state index in [1.807, 2.05) is 6.20 Å². The lowest BCUT2D eigenvalue weighted by atomic mass is 10.0. The van der Waals surface area contributed by atoms with E-state index in [0.717, 1.165) is 30.3 Å². The van der Waals surface area contributed by atoms with Crippen LogP contribution in [0.5, 0.6) is 0 Å². The van der Waals surface area contributed by atoms with Crippen molar-refractivity contribution in [2.75, 3.05) is 13.1 Å². The fourth-order valence-corrected chi connectivity index (χ4v) is 1.79. The van der Waals surface area contributed by atoms with E-state index in [-0.39, 0.29) is 0 Å². The largest absolute Gasteiger partial charge is 0.440 e. The first kappa shape index (κ1) is 9.60. The van der Waals surface area contributed by atoms with E-state index >= 15 is 0 Å². The van der Waals surface area contributed by atoms with Crippen LogP contribution < -0.4 is 5.32 Å². The third kappa shape index (κ3) is 1.63. The molecule has 0 aliphatic carbocycles. The number of aryl methyl sites for hydroxylation is 1. The molecule has 0 atom stereocenters. The van der Waals surface area contributed by atoms with Crippen LogP contribution in [-0.4, -0.2) is 18.1 Å². The summed E-state index contributed by atoms with van der Waals surface area (Å²) in [7, 11) is 0. The molecule has 0 unspecified atom stereocenters. The van der Waals surface area contributed by atoms with Gasteiger partial charge in [-0.05, 0) is 6.92 Å². The van der Waals surface area contributed by atoms with Crippen LogP contribution >= 0.6 is 0 Å². The highest BCUT2D eigenvalue weighted by atomic mass is 16.4. The highest BCUT2D eigenvalue weighted by Gasteiger charge is 2.23. The summed E-state index contributed by atoms with van der Waals surface area (Å²) in [5.41, 5.74) is 2.35. The molecule has 1 N–H and O–H groups in total. The van der Waals surface area contributed by atoms with Crippen molar-refractivity contribution in [1.29, 1.82) is 0 Å². The molecule has 0 saturated carbocycles. The van der Waals surface area contributed by atoms with Crippen molar-refractivity contribution >= 4 is 0 Å². The molecule has 2 heterocycles. The predicted molar refractivity (Wildman–Crippen MR) is 62.3 cm³/mol. The quantitative estimate of drug-likeness (QED) is 0.833. The van der Waals surface area contributed by atoms with Gasteiger partial charge in [0.25, 0.3) is 0 Å². The van der Waals surface area contributed by atoms with Crippen molar-refractivity contribution in [3.63, 3.8) is 0 Å². The number of benzene rings is 1. The topological polar surface area (TPSA) is 38.1 Å². The van der Waals surface area contributed by atoms with Crippen molar-refractivity contribution in [3.05, 3.63) is 41.9 Å². The highest BCUT2D eigenvalue weighted by Crippen LogP contribution is 2.25. The Balaban J connectivity index is 1.88. The lowest BCUT2D eigenvalue weighted by Crippen LogP contribution is -2.40. The maximum atomic E-state index is 5.76. The van der Waals surface area contributed by atoms with Crippen LogP contribution in [0.3, 0.4) is 0 Å². The molecule has 82 valence electrons. The Morgan fingerprint density at radius 3 is 2.62 bits per heavy atom. The zero-order chi connectivity index (χ0) is 11.0. The first-order chi connectivity index (χ1) is 7.83. The van der Waals surface area contributed by atoms with E-state index < -0.39 is 0 Å². The Hall–Kier alpha value is -1.61. The molecule has 2 aromatic rings. The van der Waals surface area contributed by atoms with Gasteiger partial charge >= 0.3 is 0 Å². The summed E-state index contributed by atoms with van der Waals surface area (Å²) in [6.07, 6.45) is 1.82. The van der Waals surface area contributed by atoms with E-state index in [2.05, 4.69) is 41.5 Å². The Kier molecular flexibility index (Phi) is 2.26.